The Labute approximate surface area is 232 Å². The molecule has 3 aromatic rings. The molecule has 1 aliphatic rings. The summed E-state index contributed by atoms with van der Waals surface area (Å²) in [5, 5.41) is 6.12. The van der Waals surface area contributed by atoms with Gasteiger partial charge in [-0.25, -0.2) is 4.79 Å². The third-order valence-electron chi connectivity index (χ3n) is 6.30. The highest BCUT2D eigenvalue weighted by atomic mass is 35.5. The van der Waals surface area contributed by atoms with Gasteiger partial charge < -0.3 is 19.9 Å². The number of carbonyl (C=O) groups excluding carboxylic acids is 2. The second kappa shape index (κ2) is 12.7. The number of anilines is 1. The lowest BCUT2D eigenvalue weighted by Crippen LogP contribution is -2.49. The number of nitrogens with one attached hydrogen (secondary N) is 1. The van der Waals surface area contributed by atoms with Gasteiger partial charge in [0.1, 0.15) is 18.9 Å². The Morgan fingerprint density at radius 2 is 1.92 bits per heavy atom. The molecule has 0 aliphatic carbocycles. The Morgan fingerprint density at radius 1 is 1.14 bits per heavy atom. The molecular formula is C28H31Cl2N3O3S. The van der Waals surface area contributed by atoms with Gasteiger partial charge in [-0.05, 0) is 78.2 Å². The van der Waals surface area contributed by atoms with E-state index < -0.39 is 0 Å². The molecule has 0 spiro atoms. The Hall–Kier alpha value is -2.74. The number of ether oxygens (including phenoxy) is 1. The Balaban J connectivity index is 1.49. The van der Waals surface area contributed by atoms with Crippen molar-refractivity contribution in [3.05, 3.63) is 80.5 Å². The summed E-state index contributed by atoms with van der Waals surface area (Å²) in [6.07, 6.45) is 1.57. The molecule has 0 unspecified atom stereocenters. The van der Waals surface area contributed by atoms with Gasteiger partial charge >= 0.3 is 6.03 Å². The third kappa shape index (κ3) is 7.40. The van der Waals surface area contributed by atoms with E-state index in [0.29, 0.717) is 47.1 Å². The van der Waals surface area contributed by atoms with E-state index in [4.69, 9.17) is 27.9 Å². The fourth-order valence-electron chi connectivity index (χ4n) is 4.27. The molecule has 0 saturated carbocycles. The van der Waals surface area contributed by atoms with Crippen LogP contribution in [0.25, 0.3) is 0 Å². The quantitative estimate of drug-likeness (QED) is 0.303. The van der Waals surface area contributed by atoms with E-state index >= 15 is 0 Å². The molecule has 2 aromatic carbocycles. The fourth-order valence-corrected chi connectivity index (χ4v) is 5.51. The molecule has 3 amide bonds. The minimum Gasteiger partial charge on any atom is -0.491 e. The average Bonchev–Trinajstić information content (AvgIpc) is 3.35. The average molecular weight is 561 g/mol. The second-order valence-electron chi connectivity index (χ2n) is 9.46. The van der Waals surface area contributed by atoms with E-state index in [1.54, 1.807) is 52.6 Å². The zero-order valence-electron chi connectivity index (χ0n) is 21.0. The molecule has 4 rings (SSSR count). The standard InChI is InChI=1S/C28H31Cl2N3O3S/c1-19(2)10-13-32(28(35)31-22-5-3-4-21(30)16-22)17-27(34)33-14-11-26-24(12-15-37-26)25(33)18-36-23-8-6-20(29)7-9-23/h3-9,12,15-16,19,25H,10-11,13-14,17-18H2,1-2H3,(H,31,35)/t25-/m0/s1. The summed E-state index contributed by atoms with van der Waals surface area (Å²) in [4.78, 5) is 31.6. The summed E-state index contributed by atoms with van der Waals surface area (Å²) in [6.45, 7) is 5.55. The first-order chi connectivity index (χ1) is 17.8. The smallest absolute Gasteiger partial charge is 0.322 e. The van der Waals surface area contributed by atoms with Gasteiger partial charge in [-0.3, -0.25) is 4.79 Å². The van der Waals surface area contributed by atoms with Gasteiger partial charge in [-0.1, -0.05) is 43.1 Å². The number of halogens is 2. The van der Waals surface area contributed by atoms with Crippen molar-refractivity contribution < 1.29 is 14.3 Å². The normalized spacial score (nSPS) is 14.8. The maximum Gasteiger partial charge on any atom is 0.322 e. The lowest BCUT2D eigenvalue weighted by atomic mass is 10.0. The van der Waals surface area contributed by atoms with Crippen LogP contribution in [0.1, 0.15) is 36.8 Å². The van der Waals surface area contributed by atoms with Crippen LogP contribution in [-0.2, 0) is 11.2 Å². The molecule has 6 nitrogen and oxygen atoms in total. The predicted octanol–water partition coefficient (Wildman–Crippen LogP) is 7.14. The van der Waals surface area contributed by atoms with Crippen LogP contribution < -0.4 is 10.1 Å². The summed E-state index contributed by atoms with van der Waals surface area (Å²) in [7, 11) is 0. The van der Waals surface area contributed by atoms with Gasteiger partial charge in [0.25, 0.3) is 0 Å². The molecule has 196 valence electrons. The summed E-state index contributed by atoms with van der Waals surface area (Å²) < 4.78 is 6.08. The first kappa shape index (κ1) is 27.3. The molecule has 1 aromatic heterocycles. The first-order valence-corrected chi connectivity index (χ1v) is 14.0. The van der Waals surface area contributed by atoms with Crippen LogP contribution in [0.15, 0.2) is 60.0 Å². The largest absolute Gasteiger partial charge is 0.491 e. The predicted molar refractivity (Wildman–Crippen MR) is 151 cm³/mol. The maximum atomic E-state index is 13.7. The van der Waals surface area contributed by atoms with Crippen LogP contribution in [0, 0.1) is 5.92 Å². The summed E-state index contributed by atoms with van der Waals surface area (Å²) in [6, 6.07) is 15.7. The molecular weight excluding hydrogens is 529 g/mol. The summed E-state index contributed by atoms with van der Waals surface area (Å²) >= 11 is 13.8. The molecule has 1 aliphatic heterocycles. The highest BCUT2D eigenvalue weighted by molar-refractivity contribution is 7.10. The minimum absolute atomic E-state index is 0.0178. The molecule has 0 radical (unpaired) electrons. The van der Waals surface area contributed by atoms with Crippen LogP contribution >= 0.6 is 34.5 Å². The molecule has 2 heterocycles. The fraction of sp³-hybridized carbons (Fsp3) is 0.357. The van der Waals surface area contributed by atoms with Crippen LogP contribution in [0.5, 0.6) is 5.75 Å². The van der Waals surface area contributed by atoms with Crippen molar-refractivity contribution >= 4 is 52.2 Å². The van der Waals surface area contributed by atoms with Crippen molar-refractivity contribution in [1.29, 1.82) is 0 Å². The lowest BCUT2D eigenvalue weighted by molar-refractivity contribution is -0.135. The van der Waals surface area contributed by atoms with Crippen LogP contribution in [0.3, 0.4) is 0 Å². The molecule has 37 heavy (non-hydrogen) atoms. The molecule has 9 heteroatoms. The van der Waals surface area contributed by atoms with Crippen molar-refractivity contribution in [2.75, 3.05) is 31.6 Å². The number of rotatable bonds is 9. The van der Waals surface area contributed by atoms with Crippen LogP contribution in [-0.4, -0.2) is 48.0 Å². The van der Waals surface area contributed by atoms with E-state index in [-0.39, 0.29) is 24.5 Å². The van der Waals surface area contributed by atoms with Gasteiger partial charge in [-0.2, -0.15) is 0 Å². The SMILES string of the molecule is CC(C)CCN(CC(=O)N1CCc2sccc2[C@@H]1COc1ccc(Cl)cc1)C(=O)Nc1cccc(Cl)c1. The van der Waals surface area contributed by atoms with Crippen molar-refractivity contribution in [1.82, 2.24) is 9.80 Å². The minimum atomic E-state index is -0.321. The molecule has 0 fully saturated rings. The zero-order valence-corrected chi connectivity index (χ0v) is 23.3. The number of urea groups is 1. The highest BCUT2D eigenvalue weighted by Crippen LogP contribution is 2.34. The maximum absolute atomic E-state index is 13.7. The van der Waals surface area contributed by atoms with Gasteiger partial charge in [0, 0.05) is 33.7 Å². The van der Waals surface area contributed by atoms with Crippen molar-refractivity contribution in [3.63, 3.8) is 0 Å². The Bertz CT molecular complexity index is 1220. The number of nitrogens with zero attached hydrogens (tertiary/aromatic N) is 2. The van der Waals surface area contributed by atoms with Gasteiger partial charge in [0.2, 0.25) is 5.91 Å². The van der Waals surface area contributed by atoms with Crippen molar-refractivity contribution in [2.45, 2.75) is 32.7 Å². The Morgan fingerprint density at radius 3 is 2.65 bits per heavy atom. The number of benzene rings is 2. The number of thiophene rings is 1. The lowest BCUT2D eigenvalue weighted by Gasteiger charge is -2.37. The van der Waals surface area contributed by atoms with Gasteiger partial charge in [-0.15, -0.1) is 11.3 Å². The third-order valence-corrected chi connectivity index (χ3v) is 7.79. The van der Waals surface area contributed by atoms with E-state index in [9.17, 15) is 9.59 Å². The van der Waals surface area contributed by atoms with E-state index in [0.717, 1.165) is 18.4 Å². The zero-order chi connectivity index (χ0) is 26.4. The van der Waals surface area contributed by atoms with Gasteiger partial charge in [0.05, 0.1) is 6.04 Å². The van der Waals surface area contributed by atoms with E-state index in [1.165, 1.54) is 4.88 Å². The number of fused-ring (bicyclic) bond motifs is 1. The number of carbonyl (C=O) groups is 2. The van der Waals surface area contributed by atoms with E-state index in [1.807, 2.05) is 17.0 Å². The molecule has 0 saturated heterocycles. The second-order valence-corrected chi connectivity index (χ2v) is 11.3. The molecule has 0 bridgehead atoms. The first-order valence-electron chi connectivity index (χ1n) is 12.4. The van der Waals surface area contributed by atoms with Crippen LogP contribution in [0.4, 0.5) is 10.5 Å². The summed E-state index contributed by atoms with van der Waals surface area (Å²) in [5.74, 6) is 0.977. The number of hydrogen-bond acceptors (Lipinski definition) is 4. The summed E-state index contributed by atoms with van der Waals surface area (Å²) in [5.41, 5.74) is 1.70. The van der Waals surface area contributed by atoms with E-state index in [2.05, 4.69) is 30.6 Å². The highest BCUT2D eigenvalue weighted by Gasteiger charge is 2.33. The van der Waals surface area contributed by atoms with Crippen molar-refractivity contribution in [3.8, 4) is 5.75 Å². The topological polar surface area (TPSA) is 61.9 Å². The van der Waals surface area contributed by atoms with Crippen LogP contribution in [0.2, 0.25) is 10.0 Å². The number of hydrogen-bond donors (Lipinski definition) is 1. The van der Waals surface area contributed by atoms with Gasteiger partial charge in [0.15, 0.2) is 0 Å². The molecule has 1 N–H and O–H groups in total. The molecule has 1 atom stereocenters. The monoisotopic (exact) mass is 559 g/mol. The number of amides is 3. The Kier molecular flexibility index (Phi) is 9.35. The van der Waals surface area contributed by atoms with Crippen molar-refractivity contribution in [2.24, 2.45) is 5.92 Å².